The maximum absolute atomic E-state index is 6.22. The van der Waals surface area contributed by atoms with E-state index in [2.05, 4.69) is 25.2 Å². The predicted molar refractivity (Wildman–Crippen MR) is 88.9 cm³/mol. The SMILES string of the molecule is COc1ccc(NC2=CC(C)[C@@H]3CC[C@@H](C)C[C@@H]23)cc1Cl. The van der Waals surface area contributed by atoms with Gasteiger partial charge in [0.15, 0.2) is 0 Å². The van der Waals surface area contributed by atoms with E-state index in [4.69, 9.17) is 16.3 Å². The first-order valence-corrected chi connectivity index (χ1v) is 8.28. The van der Waals surface area contributed by atoms with Crippen LogP contribution < -0.4 is 10.1 Å². The monoisotopic (exact) mass is 305 g/mol. The molecule has 0 radical (unpaired) electrons. The highest BCUT2D eigenvalue weighted by Crippen LogP contribution is 2.47. The summed E-state index contributed by atoms with van der Waals surface area (Å²) in [6, 6.07) is 5.91. The second-order valence-electron chi connectivity index (χ2n) is 6.64. The van der Waals surface area contributed by atoms with Crippen molar-refractivity contribution in [3.05, 3.63) is 35.0 Å². The van der Waals surface area contributed by atoms with E-state index in [-0.39, 0.29) is 0 Å². The van der Waals surface area contributed by atoms with Crippen LogP contribution >= 0.6 is 11.6 Å². The molecule has 0 amide bonds. The third-order valence-corrected chi connectivity index (χ3v) is 5.42. The summed E-state index contributed by atoms with van der Waals surface area (Å²) in [4.78, 5) is 0. The van der Waals surface area contributed by atoms with Gasteiger partial charge in [-0.2, -0.15) is 0 Å². The first-order valence-electron chi connectivity index (χ1n) is 7.90. The molecule has 0 heterocycles. The van der Waals surface area contributed by atoms with E-state index in [1.54, 1.807) is 7.11 Å². The average Bonchev–Trinajstić information content (AvgIpc) is 2.75. The van der Waals surface area contributed by atoms with Crippen LogP contribution in [-0.4, -0.2) is 7.11 Å². The van der Waals surface area contributed by atoms with E-state index >= 15 is 0 Å². The molecule has 4 atom stereocenters. The van der Waals surface area contributed by atoms with Gasteiger partial charge < -0.3 is 10.1 Å². The van der Waals surface area contributed by atoms with Crippen LogP contribution in [0.25, 0.3) is 0 Å². The molecular weight excluding hydrogens is 282 g/mol. The number of ether oxygens (including phenoxy) is 1. The molecule has 1 aromatic carbocycles. The zero-order valence-electron chi connectivity index (χ0n) is 13.0. The van der Waals surface area contributed by atoms with Crippen molar-refractivity contribution >= 4 is 17.3 Å². The fraction of sp³-hybridized carbons (Fsp3) is 0.556. The number of methoxy groups -OCH3 is 1. The van der Waals surface area contributed by atoms with Crippen molar-refractivity contribution in [3.63, 3.8) is 0 Å². The van der Waals surface area contributed by atoms with Crippen molar-refractivity contribution in [2.45, 2.75) is 33.1 Å². The number of halogens is 1. The van der Waals surface area contributed by atoms with Gasteiger partial charge in [0.25, 0.3) is 0 Å². The smallest absolute Gasteiger partial charge is 0.137 e. The molecule has 2 nitrogen and oxygen atoms in total. The Labute approximate surface area is 132 Å². The van der Waals surface area contributed by atoms with Crippen LogP contribution in [0.5, 0.6) is 5.75 Å². The lowest BCUT2D eigenvalue weighted by Crippen LogP contribution is -2.26. The fourth-order valence-electron chi connectivity index (χ4n) is 3.97. The molecule has 0 aliphatic heterocycles. The number of fused-ring (bicyclic) bond motifs is 1. The molecule has 1 unspecified atom stereocenters. The second-order valence-corrected chi connectivity index (χ2v) is 7.05. The van der Waals surface area contributed by atoms with Crippen molar-refractivity contribution in [2.24, 2.45) is 23.7 Å². The number of benzene rings is 1. The maximum Gasteiger partial charge on any atom is 0.137 e. The van der Waals surface area contributed by atoms with Gasteiger partial charge in [0, 0.05) is 17.3 Å². The highest BCUT2D eigenvalue weighted by Gasteiger charge is 2.38. The zero-order valence-corrected chi connectivity index (χ0v) is 13.8. The highest BCUT2D eigenvalue weighted by molar-refractivity contribution is 6.32. The molecule has 3 rings (SSSR count). The van der Waals surface area contributed by atoms with Crippen molar-refractivity contribution in [1.82, 2.24) is 0 Å². The van der Waals surface area contributed by atoms with Crippen molar-refractivity contribution in [1.29, 1.82) is 0 Å². The molecule has 0 spiro atoms. The Morgan fingerprint density at radius 2 is 2.05 bits per heavy atom. The minimum Gasteiger partial charge on any atom is -0.495 e. The number of hydrogen-bond donors (Lipinski definition) is 1. The van der Waals surface area contributed by atoms with Crippen LogP contribution in [0.1, 0.15) is 33.1 Å². The Bertz CT molecular complexity index is 554. The normalized spacial score (nSPS) is 31.5. The van der Waals surface area contributed by atoms with Crippen LogP contribution in [0.3, 0.4) is 0 Å². The molecule has 1 fully saturated rings. The third-order valence-electron chi connectivity index (χ3n) is 5.12. The average molecular weight is 306 g/mol. The van der Waals surface area contributed by atoms with Crippen molar-refractivity contribution in [3.8, 4) is 5.75 Å². The summed E-state index contributed by atoms with van der Waals surface area (Å²) in [5.41, 5.74) is 2.44. The molecule has 0 aromatic heterocycles. The molecule has 0 saturated heterocycles. The number of anilines is 1. The van der Waals surface area contributed by atoms with Gasteiger partial charge in [0.1, 0.15) is 5.75 Å². The maximum atomic E-state index is 6.22. The van der Waals surface area contributed by atoms with Gasteiger partial charge in [-0.1, -0.05) is 37.9 Å². The topological polar surface area (TPSA) is 21.3 Å². The Morgan fingerprint density at radius 1 is 1.24 bits per heavy atom. The van der Waals surface area contributed by atoms with E-state index in [1.807, 2.05) is 18.2 Å². The minimum absolute atomic E-state index is 0.655. The van der Waals surface area contributed by atoms with Crippen LogP contribution in [0.4, 0.5) is 5.69 Å². The van der Waals surface area contributed by atoms with Gasteiger partial charge in [0.05, 0.1) is 12.1 Å². The van der Waals surface area contributed by atoms with E-state index in [0.29, 0.717) is 16.9 Å². The van der Waals surface area contributed by atoms with Crippen LogP contribution in [0, 0.1) is 23.7 Å². The Hall–Kier alpha value is -1.15. The quantitative estimate of drug-likeness (QED) is 0.813. The summed E-state index contributed by atoms with van der Waals surface area (Å²) in [6.45, 7) is 4.73. The number of nitrogens with one attached hydrogen (secondary N) is 1. The number of allylic oxidation sites excluding steroid dienone is 2. The lowest BCUT2D eigenvalue weighted by molar-refractivity contribution is 0.203. The van der Waals surface area contributed by atoms with E-state index in [1.165, 1.54) is 25.0 Å². The lowest BCUT2D eigenvalue weighted by Gasteiger charge is -2.34. The van der Waals surface area contributed by atoms with E-state index in [9.17, 15) is 0 Å². The molecular formula is C18H24ClNO. The standard InChI is InChI=1S/C18H24ClNO/c1-11-4-6-14-12(2)9-17(15(14)8-11)20-13-5-7-18(21-3)16(19)10-13/h5,7,9-12,14-15,20H,4,6,8H2,1-3H3/t11-,12?,14+,15-/m1/s1. The van der Waals surface area contributed by atoms with Gasteiger partial charge in [-0.25, -0.2) is 0 Å². The lowest BCUT2D eigenvalue weighted by atomic mass is 9.73. The van der Waals surface area contributed by atoms with Crippen LogP contribution in [0.2, 0.25) is 5.02 Å². The molecule has 114 valence electrons. The minimum atomic E-state index is 0.655. The zero-order chi connectivity index (χ0) is 15.0. The number of hydrogen-bond acceptors (Lipinski definition) is 2. The van der Waals surface area contributed by atoms with E-state index < -0.39 is 0 Å². The summed E-state index contributed by atoms with van der Waals surface area (Å²) in [7, 11) is 1.64. The fourth-order valence-corrected chi connectivity index (χ4v) is 4.22. The summed E-state index contributed by atoms with van der Waals surface area (Å²) in [5, 5.41) is 4.26. The second kappa shape index (κ2) is 5.92. The largest absolute Gasteiger partial charge is 0.495 e. The molecule has 2 aliphatic rings. The van der Waals surface area contributed by atoms with E-state index in [0.717, 1.165) is 23.3 Å². The number of rotatable bonds is 3. The summed E-state index contributed by atoms with van der Waals surface area (Å²) < 4.78 is 5.21. The Kier molecular flexibility index (Phi) is 4.17. The molecule has 1 saturated carbocycles. The summed E-state index contributed by atoms with van der Waals surface area (Å²) in [6.07, 6.45) is 6.46. The molecule has 1 N–H and O–H groups in total. The first kappa shape index (κ1) is 14.8. The molecule has 0 bridgehead atoms. The summed E-state index contributed by atoms with van der Waals surface area (Å²) in [5.74, 6) is 3.74. The molecule has 2 aliphatic carbocycles. The van der Waals surface area contributed by atoms with Gasteiger partial charge in [0.2, 0.25) is 0 Å². The Morgan fingerprint density at radius 3 is 2.76 bits per heavy atom. The van der Waals surface area contributed by atoms with Gasteiger partial charge >= 0.3 is 0 Å². The molecule has 1 aromatic rings. The molecule has 3 heteroatoms. The highest BCUT2D eigenvalue weighted by atomic mass is 35.5. The van der Waals surface area contributed by atoms with Gasteiger partial charge in [-0.15, -0.1) is 0 Å². The van der Waals surface area contributed by atoms with Gasteiger partial charge in [-0.05, 0) is 48.8 Å². The third kappa shape index (κ3) is 2.91. The first-order chi connectivity index (χ1) is 10.1. The Balaban J connectivity index is 1.78. The summed E-state index contributed by atoms with van der Waals surface area (Å²) >= 11 is 6.22. The van der Waals surface area contributed by atoms with Crippen LogP contribution in [0.15, 0.2) is 30.0 Å². The van der Waals surface area contributed by atoms with Gasteiger partial charge in [-0.3, -0.25) is 0 Å². The molecule has 21 heavy (non-hydrogen) atoms. The van der Waals surface area contributed by atoms with Crippen molar-refractivity contribution in [2.75, 3.05) is 12.4 Å². The van der Waals surface area contributed by atoms with Crippen LogP contribution in [-0.2, 0) is 0 Å². The van der Waals surface area contributed by atoms with Crippen molar-refractivity contribution < 1.29 is 4.74 Å². The predicted octanol–water partition coefficient (Wildman–Crippen LogP) is 5.35.